The van der Waals surface area contributed by atoms with Gasteiger partial charge in [-0.25, -0.2) is 0 Å². The van der Waals surface area contributed by atoms with Gasteiger partial charge < -0.3 is 19.6 Å². The number of nitrogens with zero attached hydrogens (tertiary/aromatic N) is 2. The third-order valence-corrected chi connectivity index (χ3v) is 5.79. The van der Waals surface area contributed by atoms with E-state index in [1.165, 1.54) is 4.90 Å². The molecule has 0 saturated carbocycles. The Balaban J connectivity index is 2.06. The van der Waals surface area contributed by atoms with Crippen LogP contribution in [0.1, 0.15) is 29.2 Å². The second-order valence-electron chi connectivity index (χ2n) is 8.28. The Hall–Kier alpha value is -3.09. The molecule has 0 spiro atoms. The number of Topliss-reactive ketones (excluding diaryl/α,β-unsaturated/α-hetero) is 1. The van der Waals surface area contributed by atoms with E-state index >= 15 is 0 Å². The number of halogens is 1. The number of likely N-dealkylation sites (tertiary alicyclic amines) is 1. The molecule has 174 valence electrons. The molecule has 1 heterocycles. The number of benzene rings is 2. The monoisotopic (exact) mass is 468 g/mol. The summed E-state index contributed by atoms with van der Waals surface area (Å²) in [5.41, 5.74) is 2.03. The summed E-state index contributed by atoms with van der Waals surface area (Å²) in [7, 11) is 3.91. The van der Waals surface area contributed by atoms with Crippen molar-refractivity contribution in [2.24, 2.45) is 0 Å². The predicted octanol–water partition coefficient (Wildman–Crippen LogP) is 4.59. The summed E-state index contributed by atoms with van der Waals surface area (Å²) in [5.74, 6) is -0.855. The summed E-state index contributed by atoms with van der Waals surface area (Å²) in [5, 5.41) is 11.8. The highest BCUT2D eigenvalue weighted by atomic mass is 35.5. The summed E-state index contributed by atoms with van der Waals surface area (Å²) in [6.45, 7) is 7.01. The largest absolute Gasteiger partial charge is 0.507 e. The second-order valence-corrected chi connectivity index (χ2v) is 8.72. The second kappa shape index (κ2) is 10.7. The number of carbonyl (C=O) groups is 2. The minimum atomic E-state index is -0.693. The van der Waals surface area contributed by atoms with Gasteiger partial charge in [0, 0.05) is 17.1 Å². The lowest BCUT2D eigenvalue weighted by molar-refractivity contribution is -0.139. The van der Waals surface area contributed by atoms with E-state index in [0.717, 1.165) is 12.1 Å². The van der Waals surface area contributed by atoms with Gasteiger partial charge in [0.25, 0.3) is 11.7 Å². The van der Waals surface area contributed by atoms with E-state index < -0.39 is 17.7 Å². The zero-order valence-corrected chi connectivity index (χ0v) is 19.9. The molecule has 1 N–H and O–H groups in total. The smallest absolute Gasteiger partial charge is 0.295 e. The lowest BCUT2D eigenvalue weighted by atomic mass is 9.94. The molecule has 33 heavy (non-hydrogen) atoms. The quantitative estimate of drug-likeness (QED) is 0.252. The van der Waals surface area contributed by atoms with Crippen molar-refractivity contribution >= 4 is 29.1 Å². The standard InChI is InChI=1S/C26H29ClN2O4/c1-5-15-33-21-12-9-19(16-17(21)2)24(30)22-23(18-7-10-20(27)11-8-18)29(26(32)25(22)31)14-6-13-28(3)4/h5,7-12,16,23,30H,1,6,13-15H2,2-4H3/b24-22+. The van der Waals surface area contributed by atoms with E-state index in [-0.39, 0.29) is 11.3 Å². The van der Waals surface area contributed by atoms with Crippen molar-refractivity contribution in [2.45, 2.75) is 19.4 Å². The maximum Gasteiger partial charge on any atom is 0.295 e. The Bertz CT molecular complexity index is 1080. The van der Waals surface area contributed by atoms with Crippen LogP contribution in [0.2, 0.25) is 5.02 Å². The third kappa shape index (κ3) is 5.46. The topological polar surface area (TPSA) is 70.1 Å². The summed E-state index contributed by atoms with van der Waals surface area (Å²) in [6, 6.07) is 11.5. The van der Waals surface area contributed by atoms with Crippen LogP contribution in [0.25, 0.3) is 5.76 Å². The van der Waals surface area contributed by atoms with Crippen LogP contribution in [0.5, 0.6) is 5.75 Å². The maximum absolute atomic E-state index is 13.1. The Morgan fingerprint density at radius 2 is 1.91 bits per heavy atom. The molecule has 1 aliphatic rings. The maximum atomic E-state index is 13.1. The first kappa shape index (κ1) is 24.6. The van der Waals surface area contributed by atoms with Gasteiger partial charge in [0.1, 0.15) is 18.1 Å². The van der Waals surface area contributed by atoms with Gasteiger partial charge in [0.15, 0.2) is 0 Å². The molecule has 0 aliphatic carbocycles. The molecule has 1 atom stereocenters. The molecule has 0 radical (unpaired) electrons. The van der Waals surface area contributed by atoms with Gasteiger partial charge in [-0.1, -0.05) is 36.4 Å². The predicted molar refractivity (Wildman–Crippen MR) is 131 cm³/mol. The van der Waals surface area contributed by atoms with E-state index in [9.17, 15) is 14.7 Å². The third-order valence-electron chi connectivity index (χ3n) is 5.54. The molecule has 2 aromatic carbocycles. The molecule has 1 fully saturated rings. The molecule has 1 aliphatic heterocycles. The van der Waals surface area contributed by atoms with Gasteiger partial charge in [0.05, 0.1) is 11.6 Å². The summed E-state index contributed by atoms with van der Waals surface area (Å²) < 4.78 is 5.61. The van der Waals surface area contributed by atoms with Gasteiger partial charge in [-0.3, -0.25) is 9.59 Å². The van der Waals surface area contributed by atoms with Crippen molar-refractivity contribution in [3.63, 3.8) is 0 Å². The van der Waals surface area contributed by atoms with Gasteiger partial charge >= 0.3 is 0 Å². The van der Waals surface area contributed by atoms with Crippen LogP contribution in [0, 0.1) is 6.92 Å². The van der Waals surface area contributed by atoms with Crippen LogP contribution in [-0.2, 0) is 9.59 Å². The van der Waals surface area contributed by atoms with Crippen LogP contribution in [0.3, 0.4) is 0 Å². The molecule has 1 amide bonds. The van der Waals surface area contributed by atoms with Crippen LogP contribution < -0.4 is 4.74 Å². The first-order chi connectivity index (χ1) is 15.7. The van der Waals surface area contributed by atoms with Gasteiger partial charge in [-0.05, 0) is 75.4 Å². The number of aryl methyl sites for hydroxylation is 1. The molecule has 1 unspecified atom stereocenters. The summed E-state index contributed by atoms with van der Waals surface area (Å²) in [4.78, 5) is 29.6. The molecule has 0 bridgehead atoms. The lowest BCUT2D eigenvalue weighted by Crippen LogP contribution is -2.32. The Morgan fingerprint density at radius 3 is 2.52 bits per heavy atom. The van der Waals surface area contributed by atoms with Crippen LogP contribution >= 0.6 is 11.6 Å². The zero-order chi connectivity index (χ0) is 24.1. The molecular formula is C26H29ClN2O4. The SMILES string of the molecule is C=CCOc1ccc(/C(O)=C2\C(=O)C(=O)N(CCCN(C)C)C2c2ccc(Cl)cc2)cc1C. The van der Waals surface area contributed by atoms with E-state index in [1.54, 1.807) is 48.5 Å². The molecular weight excluding hydrogens is 440 g/mol. The van der Waals surface area contributed by atoms with Crippen molar-refractivity contribution in [1.82, 2.24) is 9.80 Å². The molecule has 3 rings (SSSR count). The van der Waals surface area contributed by atoms with Crippen LogP contribution in [0.15, 0.2) is 60.7 Å². The van der Waals surface area contributed by atoms with Crippen LogP contribution in [-0.4, -0.2) is 60.4 Å². The van der Waals surface area contributed by atoms with Crippen molar-refractivity contribution < 1.29 is 19.4 Å². The highest BCUT2D eigenvalue weighted by molar-refractivity contribution is 6.46. The highest BCUT2D eigenvalue weighted by Gasteiger charge is 2.45. The normalized spacial score (nSPS) is 17.6. The number of aliphatic hydroxyl groups is 1. The fourth-order valence-electron chi connectivity index (χ4n) is 3.92. The molecule has 0 aromatic heterocycles. The van der Waals surface area contributed by atoms with E-state index in [1.807, 2.05) is 25.9 Å². The van der Waals surface area contributed by atoms with E-state index in [0.29, 0.717) is 41.5 Å². The molecule has 2 aromatic rings. The number of ketones is 1. The average Bonchev–Trinajstić information content (AvgIpc) is 3.03. The molecule has 1 saturated heterocycles. The lowest BCUT2D eigenvalue weighted by Gasteiger charge is -2.26. The summed E-state index contributed by atoms with van der Waals surface area (Å²) >= 11 is 6.06. The first-order valence-electron chi connectivity index (χ1n) is 10.8. The first-order valence-corrected chi connectivity index (χ1v) is 11.2. The van der Waals surface area contributed by atoms with Crippen LogP contribution in [0.4, 0.5) is 0 Å². The number of hydrogen-bond acceptors (Lipinski definition) is 5. The number of rotatable bonds is 9. The van der Waals surface area contributed by atoms with E-state index in [4.69, 9.17) is 16.3 Å². The highest BCUT2D eigenvalue weighted by Crippen LogP contribution is 2.40. The Kier molecular flexibility index (Phi) is 7.95. The fraction of sp³-hybridized carbons (Fsp3) is 0.308. The van der Waals surface area contributed by atoms with Gasteiger partial charge in [-0.2, -0.15) is 0 Å². The minimum Gasteiger partial charge on any atom is -0.507 e. The molecule has 6 nitrogen and oxygen atoms in total. The van der Waals surface area contributed by atoms with E-state index in [2.05, 4.69) is 6.58 Å². The number of carbonyl (C=O) groups excluding carboxylic acids is 2. The Labute approximate surface area is 199 Å². The van der Waals surface area contributed by atoms with Crippen molar-refractivity contribution in [3.05, 3.63) is 82.4 Å². The van der Waals surface area contributed by atoms with Gasteiger partial charge in [0.2, 0.25) is 0 Å². The number of ether oxygens (including phenoxy) is 1. The fourth-order valence-corrected chi connectivity index (χ4v) is 4.05. The van der Waals surface area contributed by atoms with Crippen molar-refractivity contribution in [2.75, 3.05) is 33.8 Å². The number of amides is 1. The minimum absolute atomic E-state index is 0.0753. The van der Waals surface area contributed by atoms with Gasteiger partial charge in [-0.15, -0.1) is 0 Å². The molecule has 7 heteroatoms. The van der Waals surface area contributed by atoms with Crippen molar-refractivity contribution in [1.29, 1.82) is 0 Å². The number of aliphatic hydroxyl groups excluding tert-OH is 1. The summed E-state index contributed by atoms with van der Waals surface area (Å²) in [6.07, 6.45) is 2.34. The number of hydrogen-bond donors (Lipinski definition) is 1. The average molecular weight is 469 g/mol. The Morgan fingerprint density at radius 1 is 1.21 bits per heavy atom. The van der Waals surface area contributed by atoms with Crippen molar-refractivity contribution in [3.8, 4) is 5.75 Å². The zero-order valence-electron chi connectivity index (χ0n) is 19.2.